The second kappa shape index (κ2) is 3.76. The molecule has 0 atom stereocenters. The lowest BCUT2D eigenvalue weighted by atomic mass is 10.1. The van der Waals surface area contributed by atoms with Crippen LogP contribution in [0.3, 0.4) is 0 Å². The summed E-state index contributed by atoms with van der Waals surface area (Å²) in [7, 11) is 0. The van der Waals surface area contributed by atoms with E-state index in [1.807, 2.05) is 24.3 Å². The van der Waals surface area contributed by atoms with Gasteiger partial charge in [-0.1, -0.05) is 18.2 Å². The number of rotatable bonds is 3. The predicted octanol–water partition coefficient (Wildman–Crippen LogP) is 2.10. The van der Waals surface area contributed by atoms with Gasteiger partial charge in [-0.05, 0) is 12.1 Å². The fraction of sp³-hybridized carbons (Fsp3) is 0.308. The van der Waals surface area contributed by atoms with Crippen molar-refractivity contribution in [1.82, 2.24) is 4.57 Å². The van der Waals surface area contributed by atoms with Gasteiger partial charge in [0.1, 0.15) is 0 Å². The van der Waals surface area contributed by atoms with Gasteiger partial charge < -0.3 is 9.30 Å². The minimum absolute atomic E-state index is 0.550. The lowest BCUT2D eigenvalue weighted by molar-refractivity contribution is -0.0390. The molecule has 1 saturated heterocycles. The van der Waals surface area contributed by atoms with E-state index in [-0.39, 0.29) is 0 Å². The Bertz CT molecular complexity index is 526. The van der Waals surface area contributed by atoms with E-state index in [4.69, 9.17) is 4.74 Å². The molecule has 0 aliphatic carbocycles. The molecule has 0 saturated carbocycles. The van der Waals surface area contributed by atoms with Gasteiger partial charge in [0.25, 0.3) is 0 Å². The highest BCUT2D eigenvalue weighted by atomic mass is 16.5. The molecule has 0 amide bonds. The summed E-state index contributed by atoms with van der Waals surface area (Å²) in [6.07, 6.45) is 0.930. The fourth-order valence-electron chi connectivity index (χ4n) is 2.18. The SMILES string of the molecule is O=Cc1cc2ccccc2n1CC1COC1. The number of carbonyl (C=O) groups excluding carboxylic acids is 1. The Balaban J connectivity index is 2.07. The minimum atomic E-state index is 0.550. The standard InChI is InChI=1S/C13H13NO2/c15-7-12-5-11-3-1-2-4-13(11)14(12)6-10-8-16-9-10/h1-5,7,10H,6,8-9H2. The van der Waals surface area contributed by atoms with Crippen molar-refractivity contribution in [1.29, 1.82) is 0 Å². The number of fused-ring (bicyclic) bond motifs is 1. The Hall–Kier alpha value is -1.61. The highest BCUT2D eigenvalue weighted by molar-refractivity contribution is 5.88. The van der Waals surface area contributed by atoms with Gasteiger partial charge in [-0.2, -0.15) is 0 Å². The van der Waals surface area contributed by atoms with E-state index in [0.29, 0.717) is 5.92 Å². The Morgan fingerprint density at radius 1 is 1.38 bits per heavy atom. The second-order valence-corrected chi connectivity index (χ2v) is 4.26. The van der Waals surface area contributed by atoms with Crippen molar-refractivity contribution in [2.24, 2.45) is 5.92 Å². The zero-order valence-electron chi connectivity index (χ0n) is 8.93. The van der Waals surface area contributed by atoms with Gasteiger partial charge in [-0.3, -0.25) is 4.79 Å². The van der Waals surface area contributed by atoms with Crippen LogP contribution in [0.2, 0.25) is 0 Å². The van der Waals surface area contributed by atoms with E-state index in [2.05, 4.69) is 10.6 Å². The van der Waals surface area contributed by atoms with Crippen LogP contribution >= 0.6 is 0 Å². The van der Waals surface area contributed by atoms with Crippen LogP contribution in [0.5, 0.6) is 0 Å². The topological polar surface area (TPSA) is 31.2 Å². The van der Waals surface area contributed by atoms with E-state index in [9.17, 15) is 4.79 Å². The van der Waals surface area contributed by atoms with Crippen LogP contribution in [0.15, 0.2) is 30.3 Å². The van der Waals surface area contributed by atoms with Gasteiger partial charge in [0.15, 0.2) is 6.29 Å². The van der Waals surface area contributed by atoms with Crippen molar-refractivity contribution in [2.75, 3.05) is 13.2 Å². The van der Waals surface area contributed by atoms with Crippen LogP contribution in [0.4, 0.5) is 0 Å². The van der Waals surface area contributed by atoms with E-state index < -0.39 is 0 Å². The lowest BCUT2D eigenvalue weighted by Crippen LogP contribution is -2.31. The van der Waals surface area contributed by atoms with E-state index in [1.54, 1.807) is 0 Å². The van der Waals surface area contributed by atoms with Gasteiger partial charge in [-0.15, -0.1) is 0 Å². The maximum absolute atomic E-state index is 11.0. The molecule has 0 spiro atoms. The quantitative estimate of drug-likeness (QED) is 0.734. The molecular weight excluding hydrogens is 202 g/mol. The molecule has 3 heteroatoms. The number of ether oxygens (including phenoxy) is 1. The first-order valence-corrected chi connectivity index (χ1v) is 5.49. The van der Waals surface area contributed by atoms with Crippen molar-refractivity contribution in [2.45, 2.75) is 6.54 Å². The zero-order chi connectivity index (χ0) is 11.0. The number of hydrogen-bond acceptors (Lipinski definition) is 2. The summed E-state index contributed by atoms with van der Waals surface area (Å²) in [4.78, 5) is 11.0. The molecule has 0 N–H and O–H groups in total. The fourth-order valence-corrected chi connectivity index (χ4v) is 2.18. The summed E-state index contributed by atoms with van der Waals surface area (Å²) >= 11 is 0. The molecule has 0 unspecified atom stereocenters. The molecule has 1 aromatic carbocycles. The Morgan fingerprint density at radius 2 is 2.19 bits per heavy atom. The molecule has 1 aromatic heterocycles. The number of carbonyl (C=O) groups is 1. The molecule has 82 valence electrons. The molecule has 16 heavy (non-hydrogen) atoms. The maximum Gasteiger partial charge on any atom is 0.166 e. The number of nitrogens with zero attached hydrogens (tertiary/aromatic N) is 1. The molecule has 1 fully saturated rings. The number of aldehydes is 1. The van der Waals surface area contributed by atoms with Crippen molar-refractivity contribution >= 4 is 17.2 Å². The molecule has 0 radical (unpaired) electrons. The first-order valence-electron chi connectivity index (χ1n) is 5.49. The van der Waals surface area contributed by atoms with Crippen LogP contribution in [0, 0.1) is 5.92 Å². The lowest BCUT2D eigenvalue weighted by Gasteiger charge is -2.27. The number of para-hydroxylation sites is 1. The van der Waals surface area contributed by atoms with E-state index in [0.717, 1.165) is 42.6 Å². The average Bonchev–Trinajstić information content (AvgIpc) is 2.61. The average molecular weight is 215 g/mol. The second-order valence-electron chi connectivity index (χ2n) is 4.26. The summed E-state index contributed by atoms with van der Waals surface area (Å²) in [5.41, 5.74) is 1.89. The number of aromatic nitrogens is 1. The smallest absolute Gasteiger partial charge is 0.166 e. The third kappa shape index (κ3) is 1.44. The third-order valence-corrected chi connectivity index (χ3v) is 3.11. The first kappa shape index (κ1) is 9.60. The number of hydrogen-bond donors (Lipinski definition) is 0. The molecule has 0 bridgehead atoms. The summed E-state index contributed by atoms with van der Waals surface area (Å²) < 4.78 is 7.26. The predicted molar refractivity (Wildman–Crippen MR) is 61.6 cm³/mol. The maximum atomic E-state index is 11.0. The van der Waals surface area contributed by atoms with Gasteiger partial charge in [-0.25, -0.2) is 0 Å². The van der Waals surface area contributed by atoms with Gasteiger partial charge in [0.2, 0.25) is 0 Å². The molecular formula is C13H13NO2. The highest BCUT2D eigenvalue weighted by Crippen LogP contribution is 2.22. The summed E-state index contributed by atoms with van der Waals surface area (Å²) in [5.74, 6) is 0.550. The Kier molecular flexibility index (Phi) is 2.26. The van der Waals surface area contributed by atoms with Crippen LogP contribution in [-0.2, 0) is 11.3 Å². The molecule has 2 heterocycles. The van der Waals surface area contributed by atoms with E-state index in [1.165, 1.54) is 0 Å². The van der Waals surface area contributed by atoms with Crippen molar-refractivity contribution in [3.8, 4) is 0 Å². The van der Waals surface area contributed by atoms with Gasteiger partial charge in [0, 0.05) is 23.4 Å². The normalized spacial score (nSPS) is 16.2. The molecule has 2 aromatic rings. The zero-order valence-corrected chi connectivity index (χ0v) is 8.93. The highest BCUT2D eigenvalue weighted by Gasteiger charge is 2.20. The van der Waals surface area contributed by atoms with Crippen molar-refractivity contribution in [3.63, 3.8) is 0 Å². The van der Waals surface area contributed by atoms with Crippen LogP contribution in [0.1, 0.15) is 10.5 Å². The molecule has 1 aliphatic heterocycles. The summed E-state index contributed by atoms with van der Waals surface area (Å²) in [6.45, 7) is 2.50. The first-order chi connectivity index (χ1) is 7.88. The summed E-state index contributed by atoms with van der Waals surface area (Å²) in [5, 5.41) is 1.13. The molecule has 3 rings (SSSR count). The third-order valence-electron chi connectivity index (χ3n) is 3.11. The Labute approximate surface area is 93.6 Å². The molecule has 3 nitrogen and oxygen atoms in total. The Morgan fingerprint density at radius 3 is 2.88 bits per heavy atom. The van der Waals surface area contributed by atoms with Crippen molar-refractivity contribution < 1.29 is 9.53 Å². The number of benzene rings is 1. The van der Waals surface area contributed by atoms with Gasteiger partial charge in [0.05, 0.1) is 18.9 Å². The molecule has 1 aliphatic rings. The van der Waals surface area contributed by atoms with Crippen molar-refractivity contribution in [3.05, 3.63) is 36.0 Å². The monoisotopic (exact) mass is 215 g/mol. The van der Waals surface area contributed by atoms with Crippen LogP contribution < -0.4 is 0 Å². The minimum Gasteiger partial charge on any atom is -0.381 e. The van der Waals surface area contributed by atoms with Gasteiger partial charge >= 0.3 is 0 Å². The van der Waals surface area contributed by atoms with E-state index >= 15 is 0 Å². The van der Waals surface area contributed by atoms with Crippen LogP contribution in [-0.4, -0.2) is 24.1 Å². The largest absolute Gasteiger partial charge is 0.381 e. The van der Waals surface area contributed by atoms with Crippen LogP contribution in [0.25, 0.3) is 10.9 Å². The summed E-state index contributed by atoms with van der Waals surface area (Å²) in [6, 6.07) is 10.0.